The fourth-order valence-electron chi connectivity index (χ4n) is 3.83. The number of allylic oxidation sites excluding steroid dienone is 5. The van der Waals surface area contributed by atoms with Gasteiger partial charge in [0.2, 0.25) is 0 Å². The second-order valence-electron chi connectivity index (χ2n) is 9.95. The number of amides is 2. The molecule has 1 atom stereocenters. The van der Waals surface area contributed by atoms with Crippen LogP contribution in [0.15, 0.2) is 66.7 Å². The summed E-state index contributed by atoms with van der Waals surface area (Å²) in [5.74, 6) is 0.0176. The molecule has 0 saturated heterocycles. The highest BCUT2D eigenvalue weighted by Gasteiger charge is 2.17. The second kappa shape index (κ2) is 20.2. The number of benzene rings is 1. The van der Waals surface area contributed by atoms with E-state index in [4.69, 9.17) is 10.5 Å². The minimum Gasteiger partial charge on any atom is -0.372 e. The molecule has 2 rings (SSSR count). The summed E-state index contributed by atoms with van der Waals surface area (Å²) >= 11 is 0. The van der Waals surface area contributed by atoms with E-state index in [1.807, 2.05) is 64.7 Å². The van der Waals surface area contributed by atoms with Gasteiger partial charge < -0.3 is 20.7 Å². The average Bonchev–Trinajstić information content (AvgIpc) is 2.99. The van der Waals surface area contributed by atoms with E-state index in [0.717, 1.165) is 36.1 Å². The average molecular weight is 582 g/mol. The number of hydrogen-bond acceptors (Lipinski definition) is 6. The lowest BCUT2D eigenvalue weighted by Gasteiger charge is -2.22. The Morgan fingerprint density at radius 1 is 1.17 bits per heavy atom. The number of aryl methyl sites for hydroxylation is 2. The molecule has 2 aromatic rings. The van der Waals surface area contributed by atoms with Gasteiger partial charge in [-0.2, -0.15) is 0 Å². The summed E-state index contributed by atoms with van der Waals surface area (Å²) in [5, 5.41) is 2.84. The van der Waals surface area contributed by atoms with E-state index in [2.05, 4.69) is 21.9 Å². The topological polar surface area (TPSA) is 110 Å². The van der Waals surface area contributed by atoms with Gasteiger partial charge in [-0.3, -0.25) is 9.59 Å². The summed E-state index contributed by atoms with van der Waals surface area (Å²) in [4.78, 5) is 36.1. The lowest BCUT2D eigenvalue weighted by Crippen LogP contribution is -2.40. The highest BCUT2D eigenvalue weighted by molar-refractivity contribution is 6.00. The van der Waals surface area contributed by atoms with Crippen molar-refractivity contribution in [1.29, 1.82) is 0 Å². The Bertz CT molecular complexity index is 1210. The van der Waals surface area contributed by atoms with Crippen LogP contribution in [0.2, 0.25) is 0 Å². The van der Waals surface area contributed by atoms with Gasteiger partial charge in [0, 0.05) is 48.7 Å². The fourth-order valence-corrected chi connectivity index (χ4v) is 3.83. The highest BCUT2D eigenvalue weighted by Crippen LogP contribution is 2.13. The number of rotatable bonds is 15. The second-order valence-corrected chi connectivity index (χ2v) is 9.95. The number of hydrogen-bond donors (Lipinski definition) is 2. The third-order valence-electron chi connectivity index (χ3n) is 6.09. The zero-order valence-electron chi connectivity index (χ0n) is 26.1. The van der Waals surface area contributed by atoms with Crippen LogP contribution in [0.25, 0.3) is 0 Å². The van der Waals surface area contributed by atoms with Crippen LogP contribution < -0.4 is 11.1 Å². The van der Waals surface area contributed by atoms with Gasteiger partial charge >= 0.3 is 0 Å². The normalized spacial score (nSPS) is 12.2. The molecular formula is C33H48FN5O3. The van der Waals surface area contributed by atoms with E-state index in [9.17, 15) is 14.0 Å². The number of carbonyl (C=O) groups is 2. The van der Waals surface area contributed by atoms with Gasteiger partial charge in [-0.05, 0) is 82.0 Å². The number of ether oxygens (including phenoxy) is 1. The third kappa shape index (κ3) is 13.8. The first kappa shape index (κ1) is 36.3. The Balaban J connectivity index is 0.000000844. The monoisotopic (exact) mass is 581 g/mol. The van der Waals surface area contributed by atoms with Crippen molar-refractivity contribution in [3.63, 3.8) is 0 Å². The Morgan fingerprint density at radius 3 is 2.43 bits per heavy atom. The number of nitrogens with zero attached hydrogens (tertiary/aromatic N) is 3. The number of carbonyl (C=O) groups excluding carboxylic acids is 2. The lowest BCUT2D eigenvalue weighted by atomic mass is 10.0. The maximum absolute atomic E-state index is 12.9. The Hall–Kier alpha value is -3.69. The van der Waals surface area contributed by atoms with E-state index < -0.39 is 0 Å². The Morgan fingerprint density at radius 2 is 1.83 bits per heavy atom. The van der Waals surface area contributed by atoms with Crippen molar-refractivity contribution in [1.82, 2.24) is 20.2 Å². The fraction of sp³-hybridized carbons (Fsp3) is 0.455. The molecule has 0 fully saturated rings. The van der Waals surface area contributed by atoms with Crippen LogP contribution in [-0.2, 0) is 17.8 Å². The van der Waals surface area contributed by atoms with Gasteiger partial charge in [-0.1, -0.05) is 39.0 Å². The molecule has 0 aliphatic rings. The number of aromatic nitrogens is 2. The first-order chi connectivity index (χ1) is 20.1. The van der Waals surface area contributed by atoms with Crippen LogP contribution in [0.4, 0.5) is 4.39 Å². The number of nitrogens with one attached hydrogen (secondary N) is 1. The number of nitrogens with two attached hydrogens (primary N) is 1. The van der Waals surface area contributed by atoms with E-state index in [1.54, 1.807) is 18.3 Å². The summed E-state index contributed by atoms with van der Waals surface area (Å²) in [6.45, 7) is 17.2. The Labute approximate surface area is 251 Å². The summed E-state index contributed by atoms with van der Waals surface area (Å²) in [5.41, 5.74) is 9.81. The maximum Gasteiger partial charge on any atom is 0.253 e. The maximum atomic E-state index is 12.9. The van der Waals surface area contributed by atoms with E-state index in [1.165, 1.54) is 12.2 Å². The predicted octanol–water partition coefficient (Wildman–Crippen LogP) is 5.88. The lowest BCUT2D eigenvalue weighted by molar-refractivity contribution is 0.0755. The van der Waals surface area contributed by atoms with Crippen LogP contribution in [0.5, 0.6) is 0 Å². The molecule has 0 aliphatic heterocycles. The summed E-state index contributed by atoms with van der Waals surface area (Å²) in [7, 11) is 0. The molecule has 0 radical (unpaired) electrons. The first-order valence-corrected chi connectivity index (χ1v) is 14.5. The molecule has 8 nitrogen and oxygen atoms in total. The van der Waals surface area contributed by atoms with Crippen molar-refractivity contribution in [2.75, 3.05) is 26.2 Å². The van der Waals surface area contributed by atoms with Crippen LogP contribution in [-0.4, -0.2) is 59.0 Å². The van der Waals surface area contributed by atoms with Crippen molar-refractivity contribution in [3.8, 4) is 0 Å². The van der Waals surface area contributed by atoms with Gasteiger partial charge in [-0.15, -0.1) is 0 Å². The zero-order valence-corrected chi connectivity index (χ0v) is 26.1. The summed E-state index contributed by atoms with van der Waals surface area (Å²) in [6, 6.07) is 6.75. The van der Waals surface area contributed by atoms with Gasteiger partial charge in [0.1, 0.15) is 12.4 Å². The van der Waals surface area contributed by atoms with Crippen molar-refractivity contribution in [2.45, 2.75) is 73.5 Å². The molecule has 0 spiro atoms. The molecule has 9 heteroatoms. The van der Waals surface area contributed by atoms with Gasteiger partial charge in [0.15, 0.2) is 5.82 Å². The minimum atomic E-state index is -0.376. The largest absolute Gasteiger partial charge is 0.372 e. The van der Waals surface area contributed by atoms with E-state index in [0.29, 0.717) is 30.0 Å². The quantitative estimate of drug-likeness (QED) is 0.254. The molecule has 0 saturated carbocycles. The molecule has 1 aromatic carbocycles. The molecule has 3 N–H and O–H groups in total. The number of halogens is 1. The molecule has 1 unspecified atom stereocenters. The van der Waals surface area contributed by atoms with Crippen molar-refractivity contribution in [3.05, 3.63) is 94.9 Å². The van der Waals surface area contributed by atoms with E-state index in [-0.39, 0.29) is 43.4 Å². The standard InChI is InChI=1S/C25H37N5O3.C8H11F/c1-5-10-30(11-6-2)25(32)20-13-18(4)12-19(14-20)24(31)28-15-21(26)16-33-17-23-27-9-8-22(7-3)29-23;1-4-7(3)6-8(9)5-2/h8-9,12-14,21H,5-7,10-11,15-17,26H2,1-4H3,(H,28,31);4-6H,2H2,1,3H3/b;7-4-,8-6+. The molecule has 230 valence electrons. The Kier molecular flexibility index (Phi) is 17.5. The highest BCUT2D eigenvalue weighted by atomic mass is 19.1. The molecule has 0 bridgehead atoms. The van der Waals surface area contributed by atoms with Crippen molar-refractivity contribution in [2.24, 2.45) is 5.73 Å². The first-order valence-electron chi connectivity index (χ1n) is 14.5. The molecule has 42 heavy (non-hydrogen) atoms. The minimum absolute atomic E-state index is 0.0455. The third-order valence-corrected chi connectivity index (χ3v) is 6.09. The molecule has 1 heterocycles. The van der Waals surface area contributed by atoms with Crippen molar-refractivity contribution < 1.29 is 18.7 Å². The van der Waals surface area contributed by atoms with E-state index >= 15 is 0 Å². The summed E-state index contributed by atoms with van der Waals surface area (Å²) < 4.78 is 17.9. The summed E-state index contributed by atoms with van der Waals surface area (Å²) in [6.07, 6.45) is 8.79. The van der Waals surface area contributed by atoms with Gasteiger partial charge in [-0.25, -0.2) is 14.4 Å². The smallest absolute Gasteiger partial charge is 0.253 e. The molecule has 2 amide bonds. The van der Waals surface area contributed by atoms with Crippen LogP contribution in [0.1, 0.15) is 85.3 Å². The predicted molar refractivity (Wildman–Crippen MR) is 168 cm³/mol. The van der Waals surface area contributed by atoms with Crippen LogP contribution >= 0.6 is 0 Å². The zero-order chi connectivity index (χ0) is 31.5. The SMILES string of the molecule is C=C/C(F)=C\C(C)=C/C.CCCN(CCC)C(=O)c1cc(C)cc(C(=O)NCC(N)COCc2nccc(CC)n2)c1. The van der Waals surface area contributed by atoms with Gasteiger partial charge in [0.05, 0.1) is 6.61 Å². The van der Waals surface area contributed by atoms with Crippen LogP contribution in [0.3, 0.4) is 0 Å². The van der Waals surface area contributed by atoms with Crippen molar-refractivity contribution >= 4 is 11.8 Å². The molecule has 1 aromatic heterocycles. The molecule has 0 aliphatic carbocycles. The molecular weight excluding hydrogens is 533 g/mol. The van der Waals surface area contributed by atoms with Crippen LogP contribution in [0, 0.1) is 6.92 Å². The van der Waals surface area contributed by atoms with Gasteiger partial charge in [0.25, 0.3) is 11.8 Å².